The van der Waals surface area contributed by atoms with Crippen LogP contribution in [0, 0.1) is 11.6 Å². The molecule has 1 heterocycles. The van der Waals surface area contributed by atoms with Crippen molar-refractivity contribution in [3.05, 3.63) is 65.2 Å². The van der Waals surface area contributed by atoms with Gasteiger partial charge in [-0.1, -0.05) is 12.1 Å². The van der Waals surface area contributed by atoms with Crippen molar-refractivity contribution in [3.63, 3.8) is 0 Å². The summed E-state index contributed by atoms with van der Waals surface area (Å²) in [5.74, 6) is -0.674. The van der Waals surface area contributed by atoms with E-state index in [1.165, 1.54) is 12.1 Å². The van der Waals surface area contributed by atoms with Gasteiger partial charge in [0.1, 0.15) is 30.1 Å². The zero-order valence-electron chi connectivity index (χ0n) is 13.2. The molecule has 6 heteroatoms. The summed E-state index contributed by atoms with van der Waals surface area (Å²) in [6.07, 6.45) is -0.400. The van der Waals surface area contributed by atoms with Gasteiger partial charge in [0, 0.05) is 12.6 Å². The second kappa shape index (κ2) is 6.86. The van der Waals surface area contributed by atoms with E-state index in [9.17, 15) is 13.6 Å². The van der Waals surface area contributed by atoms with Crippen LogP contribution >= 0.6 is 0 Å². The molecule has 2 aromatic rings. The van der Waals surface area contributed by atoms with Crippen molar-refractivity contribution in [1.29, 1.82) is 0 Å². The third-order valence-electron chi connectivity index (χ3n) is 3.66. The monoisotopic (exact) mass is 333 g/mol. The lowest BCUT2D eigenvalue weighted by Crippen LogP contribution is -2.24. The van der Waals surface area contributed by atoms with Gasteiger partial charge in [0.25, 0.3) is 0 Å². The minimum atomic E-state index is -0.629. The lowest BCUT2D eigenvalue weighted by Gasteiger charge is -2.13. The van der Waals surface area contributed by atoms with Crippen molar-refractivity contribution >= 4 is 6.09 Å². The SMILES string of the molecule is CC1CN(Cc2ccc(OCc3cc(F)cc(F)c3)cc2)C(=O)O1. The molecule has 3 rings (SSSR count). The van der Waals surface area contributed by atoms with Crippen molar-refractivity contribution in [1.82, 2.24) is 4.90 Å². The molecule has 1 atom stereocenters. The van der Waals surface area contributed by atoms with Crippen LogP contribution in [0.2, 0.25) is 0 Å². The van der Waals surface area contributed by atoms with Gasteiger partial charge in [-0.25, -0.2) is 13.6 Å². The Morgan fingerprint density at radius 3 is 2.38 bits per heavy atom. The molecule has 0 spiro atoms. The molecule has 2 aromatic carbocycles. The van der Waals surface area contributed by atoms with Crippen molar-refractivity contribution in [3.8, 4) is 5.75 Å². The minimum Gasteiger partial charge on any atom is -0.489 e. The zero-order chi connectivity index (χ0) is 17.1. The number of rotatable bonds is 5. The summed E-state index contributed by atoms with van der Waals surface area (Å²) in [6.45, 7) is 2.97. The Morgan fingerprint density at radius 2 is 1.79 bits per heavy atom. The van der Waals surface area contributed by atoms with Gasteiger partial charge >= 0.3 is 6.09 Å². The van der Waals surface area contributed by atoms with Crippen molar-refractivity contribution in [2.24, 2.45) is 0 Å². The van der Waals surface area contributed by atoms with Crippen LogP contribution in [-0.4, -0.2) is 23.6 Å². The molecule has 1 aliphatic heterocycles. The molecule has 0 aromatic heterocycles. The standard InChI is InChI=1S/C18H17F2NO3/c1-12-9-21(18(22)24-12)10-13-2-4-17(5-3-13)23-11-14-6-15(19)8-16(20)7-14/h2-8,12H,9-11H2,1H3. The van der Waals surface area contributed by atoms with E-state index in [0.29, 0.717) is 24.4 Å². The fourth-order valence-electron chi connectivity index (χ4n) is 2.57. The zero-order valence-corrected chi connectivity index (χ0v) is 13.2. The molecular formula is C18H17F2NO3. The Bertz CT molecular complexity index is 713. The summed E-state index contributed by atoms with van der Waals surface area (Å²) >= 11 is 0. The summed E-state index contributed by atoms with van der Waals surface area (Å²) in [5, 5.41) is 0. The Balaban J connectivity index is 1.57. The average molecular weight is 333 g/mol. The number of halogens is 2. The number of carbonyl (C=O) groups is 1. The number of carbonyl (C=O) groups excluding carboxylic acids is 1. The average Bonchev–Trinajstić information content (AvgIpc) is 2.83. The van der Waals surface area contributed by atoms with Crippen LogP contribution in [0.25, 0.3) is 0 Å². The van der Waals surface area contributed by atoms with E-state index in [1.54, 1.807) is 17.0 Å². The molecular weight excluding hydrogens is 316 g/mol. The third-order valence-corrected chi connectivity index (χ3v) is 3.66. The van der Waals surface area contributed by atoms with Crippen LogP contribution in [0.4, 0.5) is 13.6 Å². The van der Waals surface area contributed by atoms with Crippen LogP contribution in [0.15, 0.2) is 42.5 Å². The number of ether oxygens (including phenoxy) is 2. The first-order chi connectivity index (χ1) is 11.5. The molecule has 126 valence electrons. The number of cyclic esters (lactones) is 1. The van der Waals surface area contributed by atoms with Crippen molar-refractivity contribution < 1.29 is 23.0 Å². The molecule has 1 saturated heterocycles. The molecule has 1 aliphatic rings. The van der Waals surface area contributed by atoms with E-state index in [2.05, 4.69) is 0 Å². The number of hydrogen-bond acceptors (Lipinski definition) is 3. The van der Waals surface area contributed by atoms with Gasteiger partial charge in [0.15, 0.2) is 0 Å². The molecule has 0 radical (unpaired) electrons. The number of benzene rings is 2. The van der Waals surface area contributed by atoms with E-state index >= 15 is 0 Å². The molecule has 1 amide bonds. The summed E-state index contributed by atoms with van der Waals surface area (Å²) in [5.41, 5.74) is 1.37. The van der Waals surface area contributed by atoms with Gasteiger partial charge in [-0.2, -0.15) is 0 Å². The maximum atomic E-state index is 13.1. The molecule has 0 bridgehead atoms. The van der Waals surface area contributed by atoms with Gasteiger partial charge in [-0.3, -0.25) is 0 Å². The fourth-order valence-corrected chi connectivity index (χ4v) is 2.57. The van der Waals surface area contributed by atoms with Crippen LogP contribution in [0.5, 0.6) is 5.75 Å². The van der Waals surface area contributed by atoms with Crippen molar-refractivity contribution in [2.75, 3.05) is 6.54 Å². The molecule has 0 aliphatic carbocycles. The van der Waals surface area contributed by atoms with Crippen LogP contribution in [0.3, 0.4) is 0 Å². The van der Waals surface area contributed by atoms with E-state index in [1.807, 2.05) is 19.1 Å². The highest BCUT2D eigenvalue weighted by atomic mass is 19.1. The fraction of sp³-hybridized carbons (Fsp3) is 0.278. The first kappa shape index (κ1) is 16.2. The predicted octanol–water partition coefficient (Wildman–Crippen LogP) is 3.88. The normalized spacial score (nSPS) is 17.0. The van der Waals surface area contributed by atoms with Gasteiger partial charge in [0.05, 0.1) is 6.54 Å². The molecule has 1 unspecified atom stereocenters. The predicted molar refractivity (Wildman–Crippen MR) is 83.5 cm³/mol. The van der Waals surface area contributed by atoms with Gasteiger partial charge in [-0.15, -0.1) is 0 Å². The summed E-state index contributed by atoms with van der Waals surface area (Å²) in [6, 6.07) is 10.5. The highest BCUT2D eigenvalue weighted by Gasteiger charge is 2.27. The highest BCUT2D eigenvalue weighted by Crippen LogP contribution is 2.19. The minimum absolute atomic E-state index is 0.0734. The Hall–Kier alpha value is -2.63. The van der Waals surface area contributed by atoms with E-state index in [-0.39, 0.29) is 18.8 Å². The van der Waals surface area contributed by atoms with Crippen LogP contribution < -0.4 is 4.74 Å². The van der Waals surface area contributed by atoms with E-state index in [4.69, 9.17) is 9.47 Å². The lowest BCUT2D eigenvalue weighted by molar-refractivity contribution is 0.137. The maximum Gasteiger partial charge on any atom is 0.410 e. The summed E-state index contributed by atoms with van der Waals surface area (Å²) in [7, 11) is 0. The van der Waals surface area contributed by atoms with E-state index < -0.39 is 11.6 Å². The molecule has 1 fully saturated rings. The molecule has 4 nitrogen and oxygen atoms in total. The topological polar surface area (TPSA) is 38.8 Å². The second-order valence-corrected chi connectivity index (χ2v) is 5.79. The smallest absolute Gasteiger partial charge is 0.410 e. The molecule has 24 heavy (non-hydrogen) atoms. The Morgan fingerprint density at radius 1 is 1.12 bits per heavy atom. The quantitative estimate of drug-likeness (QED) is 0.833. The maximum absolute atomic E-state index is 13.1. The lowest BCUT2D eigenvalue weighted by atomic mass is 10.2. The van der Waals surface area contributed by atoms with Crippen molar-refractivity contribution in [2.45, 2.75) is 26.2 Å². The Labute approximate surface area is 138 Å². The second-order valence-electron chi connectivity index (χ2n) is 5.79. The van der Waals surface area contributed by atoms with Gasteiger partial charge in [0.2, 0.25) is 0 Å². The number of amides is 1. The highest BCUT2D eigenvalue weighted by molar-refractivity contribution is 5.69. The largest absolute Gasteiger partial charge is 0.489 e. The number of nitrogens with zero attached hydrogens (tertiary/aromatic N) is 1. The van der Waals surface area contributed by atoms with Crippen LogP contribution in [-0.2, 0) is 17.9 Å². The number of hydrogen-bond donors (Lipinski definition) is 0. The molecule has 0 saturated carbocycles. The van der Waals surface area contributed by atoms with Crippen LogP contribution in [0.1, 0.15) is 18.1 Å². The van der Waals surface area contributed by atoms with Gasteiger partial charge < -0.3 is 14.4 Å². The third kappa shape index (κ3) is 4.01. The summed E-state index contributed by atoms with van der Waals surface area (Å²) in [4.78, 5) is 13.2. The van der Waals surface area contributed by atoms with Gasteiger partial charge in [-0.05, 0) is 42.3 Å². The Kier molecular flexibility index (Phi) is 4.64. The first-order valence-corrected chi connectivity index (χ1v) is 7.62. The summed E-state index contributed by atoms with van der Waals surface area (Å²) < 4.78 is 36.8. The molecule has 0 N–H and O–H groups in total. The van der Waals surface area contributed by atoms with E-state index in [0.717, 1.165) is 11.6 Å². The first-order valence-electron chi connectivity index (χ1n) is 7.62.